The second kappa shape index (κ2) is 3.51. The summed E-state index contributed by atoms with van der Waals surface area (Å²) in [6, 6.07) is 5.19. The maximum absolute atomic E-state index is 11.8. The van der Waals surface area contributed by atoms with Crippen LogP contribution in [0.4, 0.5) is 5.69 Å². The van der Waals surface area contributed by atoms with Crippen LogP contribution in [0.5, 0.6) is 5.75 Å². The Kier molecular flexibility index (Phi) is 2.41. The molecule has 1 aliphatic carbocycles. The van der Waals surface area contributed by atoms with Gasteiger partial charge in [-0.1, -0.05) is 19.9 Å². The van der Waals surface area contributed by atoms with Crippen molar-refractivity contribution in [3.63, 3.8) is 0 Å². The molecular formula is C13H17NO2. The van der Waals surface area contributed by atoms with Crippen molar-refractivity contribution in [3.8, 4) is 5.75 Å². The molecule has 1 fully saturated rings. The highest BCUT2D eigenvalue weighted by molar-refractivity contribution is 5.95. The summed E-state index contributed by atoms with van der Waals surface area (Å²) >= 11 is 0. The first-order valence-electron chi connectivity index (χ1n) is 5.50. The van der Waals surface area contributed by atoms with E-state index in [2.05, 4.69) is 19.2 Å². The van der Waals surface area contributed by atoms with Crippen molar-refractivity contribution in [1.82, 2.24) is 0 Å². The Bertz CT molecular complexity index is 438. The summed E-state index contributed by atoms with van der Waals surface area (Å²) in [5.74, 6) is 0.372. The molecule has 2 N–H and O–H groups in total. The SMILES string of the molecule is Cc1ccc(NC(=O)C2CC2(C)C)cc1O. The minimum absolute atomic E-state index is 0.0493. The molecule has 3 nitrogen and oxygen atoms in total. The van der Waals surface area contributed by atoms with Crippen molar-refractivity contribution >= 4 is 11.6 Å². The van der Waals surface area contributed by atoms with E-state index in [1.807, 2.05) is 13.0 Å². The van der Waals surface area contributed by atoms with E-state index in [0.717, 1.165) is 12.0 Å². The van der Waals surface area contributed by atoms with E-state index in [0.29, 0.717) is 5.69 Å². The molecule has 1 amide bonds. The van der Waals surface area contributed by atoms with Gasteiger partial charge in [0.1, 0.15) is 5.75 Å². The molecule has 2 rings (SSSR count). The number of amides is 1. The number of carbonyl (C=O) groups excluding carboxylic acids is 1. The average Bonchev–Trinajstić information content (AvgIpc) is 2.82. The predicted molar refractivity (Wildman–Crippen MR) is 63.4 cm³/mol. The standard InChI is InChI=1S/C13H17NO2/c1-8-4-5-9(6-11(8)15)14-12(16)10-7-13(10,2)3/h4-6,10,15H,7H2,1-3H3,(H,14,16). The summed E-state index contributed by atoms with van der Waals surface area (Å²) in [5.41, 5.74) is 1.61. The Balaban J connectivity index is 2.05. The van der Waals surface area contributed by atoms with Gasteiger partial charge in [-0.25, -0.2) is 0 Å². The van der Waals surface area contributed by atoms with Crippen molar-refractivity contribution in [2.45, 2.75) is 27.2 Å². The molecule has 0 radical (unpaired) electrons. The molecular weight excluding hydrogens is 202 g/mol. The van der Waals surface area contributed by atoms with Crippen LogP contribution >= 0.6 is 0 Å². The number of phenols is 1. The predicted octanol–water partition coefficient (Wildman–Crippen LogP) is 2.69. The summed E-state index contributed by atoms with van der Waals surface area (Å²) in [5, 5.41) is 12.3. The second-order valence-corrected chi connectivity index (χ2v) is 5.24. The lowest BCUT2D eigenvalue weighted by Crippen LogP contribution is -2.16. The summed E-state index contributed by atoms with van der Waals surface area (Å²) in [7, 11) is 0. The van der Waals surface area contributed by atoms with Gasteiger partial charge < -0.3 is 10.4 Å². The molecule has 0 aromatic heterocycles. The zero-order valence-corrected chi connectivity index (χ0v) is 9.87. The maximum atomic E-state index is 11.8. The molecule has 1 unspecified atom stereocenters. The average molecular weight is 219 g/mol. The van der Waals surface area contributed by atoms with Crippen LogP contribution < -0.4 is 5.32 Å². The Morgan fingerprint density at radius 3 is 2.62 bits per heavy atom. The van der Waals surface area contributed by atoms with E-state index in [4.69, 9.17) is 0 Å². The Morgan fingerprint density at radius 2 is 2.12 bits per heavy atom. The van der Waals surface area contributed by atoms with Gasteiger partial charge in [-0.15, -0.1) is 0 Å². The third-order valence-electron chi connectivity index (χ3n) is 3.31. The van der Waals surface area contributed by atoms with Gasteiger partial charge >= 0.3 is 0 Å². The number of hydrogen-bond donors (Lipinski definition) is 2. The van der Waals surface area contributed by atoms with Crippen LogP contribution in [0, 0.1) is 18.3 Å². The fourth-order valence-electron chi connectivity index (χ4n) is 1.83. The van der Waals surface area contributed by atoms with Gasteiger partial charge in [-0.3, -0.25) is 4.79 Å². The second-order valence-electron chi connectivity index (χ2n) is 5.24. The highest BCUT2D eigenvalue weighted by Crippen LogP contribution is 2.52. The van der Waals surface area contributed by atoms with Gasteiger partial charge in [0.2, 0.25) is 5.91 Å². The monoisotopic (exact) mass is 219 g/mol. The van der Waals surface area contributed by atoms with E-state index >= 15 is 0 Å². The number of aromatic hydroxyl groups is 1. The number of carbonyl (C=O) groups is 1. The summed E-state index contributed by atoms with van der Waals surface area (Å²) in [4.78, 5) is 11.8. The fourth-order valence-corrected chi connectivity index (χ4v) is 1.83. The number of phenolic OH excluding ortho intramolecular Hbond substituents is 1. The van der Waals surface area contributed by atoms with E-state index in [1.165, 1.54) is 0 Å². The quantitative estimate of drug-likeness (QED) is 0.803. The van der Waals surface area contributed by atoms with Crippen molar-refractivity contribution in [2.75, 3.05) is 5.32 Å². The van der Waals surface area contributed by atoms with E-state index in [9.17, 15) is 9.90 Å². The smallest absolute Gasteiger partial charge is 0.228 e. The van der Waals surface area contributed by atoms with Gasteiger partial charge in [-0.2, -0.15) is 0 Å². The van der Waals surface area contributed by atoms with Gasteiger partial charge in [0.05, 0.1) is 0 Å². The number of aryl methyl sites for hydroxylation is 1. The minimum atomic E-state index is 0.0493. The lowest BCUT2D eigenvalue weighted by atomic mass is 10.1. The molecule has 16 heavy (non-hydrogen) atoms. The molecule has 1 saturated carbocycles. The lowest BCUT2D eigenvalue weighted by Gasteiger charge is -2.07. The molecule has 1 atom stereocenters. The maximum Gasteiger partial charge on any atom is 0.228 e. The largest absolute Gasteiger partial charge is 0.508 e. The Labute approximate surface area is 95.5 Å². The van der Waals surface area contributed by atoms with Crippen molar-refractivity contribution in [3.05, 3.63) is 23.8 Å². The summed E-state index contributed by atoms with van der Waals surface area (Å²) < 4.78 is 0. The number of nitrogens with one attached hydrogen (secondary N) is 1. The third-order valence-corrected chi connectivity index (χ3v) is 3.31. The van der Waals surface area contributed by atoms with Crippen molar-refractivity contribution < 1.29 is 9.90 Å². The minimum Gasteiger partial charge on any atom is -0.508 e. The van der Waals surface area contributed by atoms with Crippen LogP contribution in [0.15, 0.2) is 18.2 Å². The van der Waals surface area contributed by atoms with E-state index < -0.39 is 0 Å². The molecule has 0 aliphatic heterocycles. The van der Waals surface area contributed by atoms with Crippen molar-refractivity contribution in [1.29, 1.82) is 0 Å². The normalized spacial score (nSPS) is 21.6. The van der Waals surface area contributed by atoms with Crippen LogP contribution in [0.3, 0.4) is 0 Å². The van der Waals surface area contributed by atoms with Crippen LogP contribution in [0.25, 0.3) is 0 Å². The Morgan fingerprint density at radius 1 is 1.50 bits per heavy atom. The molecule has 1 aromatic rings. The molecule has 86 valence electrons. The topological polar surface area (TPSA) is 49.3 Å². The first-order valence-corrected chi connectivity index (χ1v) is 5.50. The lowest BCUT2D eigenvalue weighted by molar-refractivity contribution is -0.117. The van der Waals surface area contributed by atoms with Crippen LogP contribution in [0.1, 0.15) is 25.8 Å². The first kappa shape index (κ1) is 11.0. The highest BCUT2D eigenvalue weighted by Gasteiger charge is 2.50. The number of benzene rings is 1. The highest BCUT2D eigenvalue weighted by atomic mass is 16.3. The summed E-state index contributed by atoms with van der Waals surface area (Å²) in [6.07, 6.45) is 0.941. The molecule has 1 aliphatic rings. The molecule has 0 bridgehead atoms. The zero-order chi connectivity index (χ0) is 11.9. The molecule has 0 saturated heterocycles. The Hall–Kier alpha value is -1.51. The van der Waals surface area contributed by atoms with Crippen LogP contribution in [-0.2, 0) is 4.79 Å². The number of rotatable bonds is 2. The van der Waals surface area contributed by atoms with E-state index in [1.54, 1.807) is 12.1 Å². The van der Waals surface area contributed by atoms with Gasteiger partial charge in [0.15, 0.2) is 0 Å². The van der Waals surface area contributed by atoms with Crippen LogP contribution in [0.2, 0.25) is 0 Å². The van der Waals surface area contributed by atoms with E-state index in [-0.39, 0.29) is 23.0 Å². The fraction of sp³-hybridized carbons (Fsp3) is 0.462. The zero-order valence-electron chi connectivity index (χ0n) is 9.87. The van der Waals surface area contributed by atoms with Crippen molar-refractivity contribution in [2.24, 2.45) is 11.3 Å². The van der Waals surface area contributed by atoms with Crippen LogP contribution in [-0.4, -0.2) is 11.0 Å². The van der Waals surface area contributed by atoms with Gasteiger partial charge in [0, 0.05) is 17.7 Å². The van der Waals surface area contributed by atoms with Gasteiger partial charge in [0.25, 0.3) is 0 Å². The number of anilines is 1. The molecule has 0 heterocycles. The summed E-state index contributed by atoms with van der Waals surface area (Å²) in [6.45, 7) is 6.00. The number of hydrogen-bond acceptors (Lipinski definition) is 2. The third kappa shape index (κ3) is 2.03. The molecule has 0 spiro atoms. The molecule has 1 aromatic carbocycles. The molecule has 3 heteroatoms. The van der Waals surface area contributed by atoms with Gasteiger partial charge in [-0.05, 0) is 30.4 Å². The first-order chi connectivity index (χ1) is 7.40.